The van der Waals surface area contributed by atoms with Gasteiger partial charge >= 0.3 is 0 Å². The summed E-state index contributed by atoms with van der Waals surface area (Å²) in [7, 11) is 0. The molecule has 4 rings (SSSR count). The van der Waals surface area contributed by atoms with Crippen molar-refractivity contribution >= 4 is 10.9 Å². The summed E-state index contributed by atoms with van der Waals surface area (Å²) >= 11 is 0. The smallest absolute Gasteiger partial charge is 0.258 e. The predicted molar refractivity (Wildman–Crippen MR) is 93.9 cm³/mol. The molecule has 1 N–H and O–H groups in total. The number of nitrogens with one attached hydrogen (secondary N) is 1. The molecule has 0 spiro atoms. The van der Waals surface area contributed by atoms with E-state index in [2.05, 4.69) is 39.1 Å². The van der Waals surface area contributed by atoms with Gasteiger partial charge in [-0.05, 0) is 28.8 Å². The van der Waals surface area contributed by atoms with E-state index >= 15 is 0 Å². The van der Waals surface area contributed by atoms with E-state index in [1.165, 1.54) is 11.9 Å². The van der Waals surface area contributed by atoms with Crippen molar-refractivity contribution in [3.63, 3.8) is 0 Å². The standard InChI is InChI=1S/C19H19N3O2/c23-19-17-6-5-16(11-18(17)20-13-21-19)15-3-1-14(2-4-15)12-22-7-9-24-10-8-22/h1-6,11,13H,7-10,12H2,(H,20,21,23). The van der Waals surface area contributed by atoms with Crippen LogP contribution in [0.4, 0.5) is 0 Å². The van der Waals surface area contributed by atoms with E-state index in [1.807, 2.05) is 18.2 Å². The van der Waals surface area contributed by atoms with Crippen molar-refractivity contribution in [2.45, 2.75) is 6.54 Å². The van der Waals surface area contributed by atoms with Crippen molar-refractivity contribution in [2.24, 2.45) is 0 Å². The van der Waals surface area contributed by atoms with E-state index in [0.29, 0.717) is 10.9 Å². The minimum atomic E-state index is -0.104. The van der Waals surface area contributed by atoms with Gasteiger partial charge < -0.3 is 9.72 Å². The SMILES string of the molecule is O=c1[nH]cnc2cc(-c3ccc(CN4CCOCC4)cc3)ccc12. The average Bonchev–Trinajstić information content (AvgIpc) is 2.63. The van der Waals surface area contributed by atoms with E-state index in [-0.39, 0.29) is 5.56 Å². The molecule has 1 aromatic heterocycles. The molecule has 1 aliphatic rings. The van der Waals surface area contributed by atoms with Crippen molar-refractivity contribution in [1.82, 2.24) is 14.9 Å². The molecular weight excluding hydrogens is 302 g/mol. The second-order valence-electron chi connectivity index (χ2n) is 6.05. The zero-order valence-corrected chi connectivity index (χ0v) is 13.4. The summed E-state index contributed by atoms with van der Waals surface area (Å²) in [6.45, 7) is 4.58. The van der Waals surface area contributed by atoms with Gasteiger partial charge in [-0.1, -0.05) is 30.3 Å². The van der Waals surface area contributed by atoms with Gasteiger partial charge in [0, 0.05) is 19.6 Å². The van der Waals surface area contributed by atoms with Gasteiger partial charge in [-0.2, -0.15) is 0 Å². The molecule has 0 bridgehead atoms. The van der Waals surface area contributed by atoms with Crippen LogP contribution in [0.25, 0.3) is 22.0 Å². The number of aromatic nitrogens is 2. The lowest BCUT2D eigenvalue weighted by Crippen LogP contribution is -2.35. The summed E-state index contributed by atoms with van der Waals surface area (Å²) in [6.07, 6.45) is 1.44. The van der Waals surface area contributed by atoms with Gasteiger partial charge in [-0.25, -0.2) is 4.98 Å². The second-order valence-corrected chi connectivity index (χ2v) is 6.05. The van der Waals surface area contributed by atoms with Crippen LogP contribution < -0.4 is 5.56 Å². The topological polar surface area (TPSA) is 58.2 Å². The third kappa shape index (κ3) is 3.09. The summed E-state index contributed by atoms with van der Waals surface area (Å²) < 4.78 is 5.39. The van der Waals surface area contributed by atoms with E-state index in [1.54, 1.807) is 0 Å². The molecule has 1 fully saturated rings. The van der Waals surface area contributed by atoms with E-state index < -0.39 is 0 Å². The Balaban J connectivity index is 1.57. The molecule has 24 heavy (non-hydrogen) atoms. The Hall–Kier alpha value is -2.50. The van der Waals surface area contributed by atoms with Gasteiger partial charge in [-0.15, -0.1) is 0 Å². The maximum atomic E-state index is 11.8. The van der Waals surface area contributed by atoms with Crippen molar-refractivity contribution in [3.05, 3.63) is 64.7 Å². The molecule has 0 aliphatic carbocycles. The number of nitrogens with zero attached hydrogens (tertiary/aromatic N) is 2. The van der Waals surface area contributed by atoms with Gasteiger partial charge in [0.2, 0.25) is 0 Å². The molecule has 2 heterocycles. The van der Waals surface area contributed by atoms with E-state index in [9.17, 15) is 4.79 Å². The molecule has 122 valence electrons. The monoisotopic (exact) mass is 321 g/mol. The highest BCUT2D eigenvalue weighted by molar-refractivity contribution is 5.83. The maximum Gasteiger partial charge on any atom is 0.258 e. The quantitative estimate of drug-likeness (QED) is 0.805. The van der Waals surface area contributed by atoms with Crippen LogP contribution in [-0.4, -0.2) is 41.2 Å². The average molecular weight is 321 g/mol. The molecule has 2 aromatic carbocycles. The molecule has 5 heteroatoms. The highest BCUT2D eigenvalue weighted by atomic mass is 16.5. The van der Waals surface area contributed by atoms with Crippen molar-refractivity contribution in [1.29, 1.82) is 0 Å². The van der Waals surface area contributed by atoms with Crippen LogP contribution in [-0.2, 0) is 11.3 Å². The summed E-state index contributed by atoms with van der Waals surface area (Å²) in [5.41, 5.74) is 4.11. The summed E-state index contributed by atoms with van der Waals surface area (Å²) in [5, 5.41) is 0.616. The molecular formula is C19H19N3O2. The number of ether oxygens (including phenoxy) is 1. The van der Waals surface area contributed by atoms with Crippen molar-refractivity contribution in [2.75, 3.05) is 26.3 Å². The molecule has 0 radical (unpaired) electrons. The lowest BCUT2D eigenvalue weighted by Gasteiger charge is -2.26. The van der Waals surface area contributed by atoms with Crippen LogP contribution in [0.15, 0.2) is 53.6 Å². The van der Waals surface area contributed by atoms with E-state index in [0.717, 1.165) is 44.0 Å². The van der Waals surface area contributed by atoms with Crippen LogP contribution in [0, 0.1) is 0 Å². The zero-order chi connectivity index (χ0) is 16.4. The number of hydrogen-bond acceptors (Lipinski definition) is 4. The maximum absolute atomic E-state index is 11.8. The van der Waals surface area contributed by atoms with E-state index in [4.69, 9.17) is 4.74 Å². The molecule has 0 unspecified atom stereocenters. The van der Waals surface area contributed by atoms with Crippen LogP contribution in [0.3, 0.4) is 0 Å². The lowest BCUT2D eigenvalue weighted by molar-refractivity contribution is 0.0342. The Bertz CT molecular complexity index is 896. The summed E-state index contributed by atoms with van der Waals surface area (Å²) in [4.78, 5) is 21.0. The van der Waals surface area contributed by atoms with Gasteiger partial charge in [0.05, 0.1) is 30.4 Å². The normalized spacial score (nSPS) is 15.7. The second kappa shape index (κ2) is 6.55. The largest absolute Gasteiger partial charge is 0.379 e. The first-order chi connectivity index (χ1) is 11.8. The fourth-order valence-electron chi connectivity index (χ4n) is 3.07. The fourth-order valence-corrected chi connectivity index (χ4v) is 3.07. The number of fused-ring (bicyclic) bond motifs is 1. The molecule has 1 aliphatic heterocycles. The Morgan fingerprint density at radius 3 is 2.58 bits per heavy atom. The number of hydrogen-bond donors (Lipinski definition) is 1. The molecule has 5 nitrogen and oxygen atoms in total. The van der Waals surface area contributed by atoms with Gasteiger partial charge in [0.25, 0.3) is 5.56 Å². The third-order valence-corrected chi connectivity index (χ3v) is 4.44. The lowest BCUT2D eigenvalue weighted by atomic mass is 10.0. The first-order valence-electron chi connectivity index (χ1n) is 8.16. The zero-order valence-electron chi connectivity index (χ0n) is 13.4. The van der Waals surface area contributed by atoms with Gasteiger partial charge in [0.15, 0.2) is 0 Å². The number of rotatable bonds is 3. The Morgan fingerprint density at radius 2 is 1.79 bits per heavy atom. The Kier molecular flexibility index (Phi) is 4.11. The minimum Gasteiger partial charge on any atom is -0.379 e. The van der Waals surface area contributed by atoms with Crippen LogP contribution in [0.1, 0.15) is 5.56 Å². The summed E-state index contributed by atoms with van der Waals surface area (Å²) in [6, 6.07) is 14.4. The van der Waals surface area contributed by atoms with Gasteiger partial charge in [-0.3, -0.25) is 9.69 Å². The highest BCUT2D eigenvalue weighted by Gasteiger charge is 2.10. The number of aromatic amines is 1. The fraction of sp³-hybridized carbons (Fsp3) is 0.263. The number of morpholine rings is 1. The molecule has 0 amide bonds. The van der Waals surface area contributed by atoms with Crippen LogP contribution in [0.5, 0.6) is 0 Å². The minimum absolute atomic E-state index is 0.104. The van der Waals surface area contributed by atoms with Crippen molar-refractivity contribution in [3.8, 4) is 11.1 Å². The van der Waals surface area contributed by atoms with Crippen molar-refractivity contribution < 1.29 is 4.74 Å². The molecule has 0 atom stereocenters. The van der Waals surface area contributed by atoms with Crippen LogP contribution >= 0.6 is 0 Å². The molecule has 0 saturated carbocycles. The Morgan fingerprint density at radius 1 is 1.04 bits per heavy atom. The van der Waals surface area contributed by atoms with Gasteiger partial charge in [0.1, 0.15) is 0 Å². The van der Waals surface area contributed by atoms with Crippen LogP contribution in [0.2, 0.25) is 0 Å². The molecule has 1 saturated heterocycles. The Labute approximate surface area is 139 Å². The highest BCUT2D eigenvalue weighted by Crippen LogP contribution is 2.23. The molecule has 3 aromatic rings. The third-order valence-electron chi connectivity index (χ3n) is 4.44. The first kappa shape index (κ1) is 15.1. The first-order valence-corrected chi connectivity index (χ1v) is 8.16. The number of H-pyrrole nitrogens is 1. The summed E-state index contributed by atoms with van der Waals surface area (Å²) in [5.74, 6) is 0. The predicted octanol–water partition coefficient (Wildman–Crippen LogP) is 2.42. The number of benzene rings is 2.